The molecule has 1 heterocycles. The molecular weight excluding hydrogens is 364 g/mol. The summed E-state index contributed by atoms with van der Waals surface area (Å²) in [7, 11) is 0. The van der Waals surface area contributed by atoms with Crippen molar-refractivity contribution in [3.63, 3.8) is 0 Å². The van der Waals surface area contributed by atoms with Gasteiger partial charge in [-0.3, -0.25) is 10.1 Å². The zero-order valence-electron chi connectivity index (χ0n) is 14.1. The normalized spacial score (nSPS) is 10.5. The van der Waals surface area contributed by atoms with E-state index in [1.54, 1.807) is 38.1 Å². The lowest BCUT2D eigenvalue weighted by Gasteiger charge is -2.09. The molecule has 1 aromatic carbocycles. The summed E-state index contributed by atoms with van der Waals surface area (Å²) in [5.74, 6) is -1.17. The average Bonchev–Trinajstić information content (AvgIpc) is 3.01. The predicted molar refractivity (Wildman–Crippen MR) is 91.0 cm³/mol. The summed E-state index contributed by atoms with van der Waals surface area (Å²) in [6.07, 6.45) is 0. The first-order chi connectivity index (χ1) is 12.3. The maximum absolute atomic E-state index is 11.7. The Hall–Kier alpha value is -3.01. The van der Waals surface area contributed by atoms with E-state index in [0.717, 1.165) is 4.80 Å². The number of halogens is 1. The second-order valence-electron chi connectivity index (χ2n) is 5.49. The van der Waals surface area contributed by atoms with Gasteiger partial charge in [0.25, 0.3) is 5.91 Å². The van der Waals surface area contributed by atoms with Crippen LogP contribution in [-0.2, 0) is 20.9 Å². The van der Waals surface area contributed by atoms with Gasteiger partial charge in [-0.05, 0) is 43.3 Å². The molecular formula is C15H17ClN6O4. The Morgan fingerprint density at radius 1 is 1.23 bits per heavy atom. The lowest BCUT2D eigenvalue weighted by molar-refractivity contribution is -0.149. The van der Waals surface area contributed by atoms with Gasteiger partial charge in [-0.25, -0.2) is 9.59 Å². The van der Waals surface area contributed by atoms with Crippen LogP contribution >= 0.6 is 11.6 Å². The van der Waals surface area contributed by atoms with E-state index in [4.69, 9.17) is 16.3 Å². The van der Waals surface area contributed by atoms with Gasteiger partial charge in [-0.2, -0.15) is 4.80 Å². The van der Waals surface area contributed by atoms with Crippen LogP contribution < -0.4 is 10.6 Å². The van der Waals surface area contributed by atoms with Crippen molar-refractivity contribution in [2.45, 2.75) is 26.4 Å². The molecule has 3 amide bonds. The number of ether oxygens (including phenoxy) is 1. The Labute approximate surface area is 153 Å². The third-order valence-electron chi connectivity index (χ3n) is 2.86. The number of hydrogen-bond donors (Lipinski definition) is 2. The molecule has 0 saturated heterocycles. The molecule has 2 rings (SSSR count). The van der Waals surface area contributed by atoms with Crippen LogP contribution in [0.2, 0.25) is 5.02 Å². The lowest BCUT2D eigenvalue weighted by Crippen LogP contribution is -2.44. The summed E-state index contributed by atoms with van der Waals surface area (Å²) in [5.41, 5.74) is 0.685. The van der Waals surface area contributed by atoms with Crippen LogP contribution in [0.3, 0.4) is 0 Å². The second kappa shape index (κ2) is 8.90. The summed E-state index contributed by atoms with van der Waals surface area (Å²) in [5, 5.41) is 16.7. The third kappa shape index (κ3) is 6.13. The zero-order valence-corrected chi connectivity index (χ0v) is 14.9. The first-order valence-electron chi connectivity index (χ1n) is 7.63. The SMILES string of the molecule is CC(C)NC(=O)NC(=O)COC(=O)Cn1nnc(-c2ccc(Cl)cc2)n1. The van der Waals surface area contributed by atoms with Crippen molar-refractivity contribution in [1.82, 2.24) is 30.8 Å². The maximum atomic E-state index is 11.7. The molecule has 10 nitrogen and oxygen atoms in total. The van der Waals surface area contributed by atoms with Crippen molar-refractivity contribution in [3.8, 4) is 11.4 Å². The van der Waals surface area contributed by atoms with Crippen molar-refractivity contribution in [2.75, 3.05) is 6.61 Å². The molecule has 0 aliphatic heterocycles. The molecule has 0 radical (unpaired) electrons. The third-order valence-corrected chi connectivity index (χ3v) is 3.11. The number of tetrazole rings is 1. The number of aromatic nitrogens is 4. The zero-order chi connectivity index (χ0) is 19.1. The highest BCUT2D eigenvalue weighted by atomic mass is 35.5. The maximum Gasteiger partial charge on any atom is 0.330 e. The number of esters is 1. The molecule has 26 heavy (non-hydrogen) atoms. The first kappa shape index (κ1) is 19.3. The van der Waals surface area contributed by atoms with E-state index in [1.807, 2.05) is 5.32 Å². The minimum atomic E-state index is -0.746. The fraction of sp³-hybridized carbons (Fsp3) is 0.333. The number of nitrogens with zero attached hydrogens (tertiary/aromatic N) is 4. The minimum Gasteiger partial charge on any atom is -0.454 e. The van der Waals surface area contributed by atoms with Gasteiger partial charge in [-0.1, -0.05) is 11.6 Å². The van der Waals surface area contributed by atoms with Crippen molar-refractivity contribution < 1.29 is 19.1 Å². The monoisotopic (exact) mass is 380 g/mol. The number of rotatable bonds is 6. The lowest BCUT2D eigenvalue weighted by atomic mass is 10.2. The van der Waals surface area contributed by atoms with Crippen LogP contribution in [0.1, 0.15) is 13.8 Å². The molecule has 138 valence electrons. The van der Waals surface area contributed by atoms with Gasteiger partial charge in [0, 0.05) is 16.6 Å². The van der Waals surface area contributed by atoms with Gasteiger partial charge in [0.1, 0.15) is 0 Å². The quantitative estimate of drug-likeness (QED) is 0.708. The molecule has 0 aliphatic carbocycles. The largest absolute Gasteiger partial charge is 0.454 e. The van der Waals surface area contributed by atoms with Crippen molar-refractivity contribution in [3.05, 3.63) is 29.3 Å². The summed E-state index contributed by atoms with van der Waals surface area (Å²) in [6, 6.07) is 6.01. The minimum absolute atomic E-state index is 0.126. The highest BCUT2D eigenvalue weighted by molar-refractivity contribution is 6.30. The van der Waals surface area contributed by atoms with Gasteiger partial charge in [-0.15, -0.1) is 10.2 Å². The van der Waals surface area contributed by atoms with Crippen LogP contribution in [0.15, 0.2) is 24.3 Å². The summed E-state index contributed by atoms with van der Waals surface area (Å²) in [6.45, 7) is 2.57. The smallest absolute Gasteiger partial charge is 0.330 e. The molecule has 0 fully saturated rings. The summed E-state index contributed by atoms with van der Waals surface area (Å²) < 4.78 is 4.77. The molecule has 11 heteroatoms. The number of hydrogen-bond acceptors (Lipinski definition) is 7. The van der Waals surface area contributed by atoms with Crippen LogP contribution in [0.4, 0.5) is 4.79 Å². The second-order valence-corrected chi connectivity index (χ2v) is 5.92. The number of imide groups is 1. The Bertz CT molecular complexity index is 790. The number of carbonyl (C=O) groups is 3. The molecule has 0 bridgehead atoms. The van der Waals surface area contributed by atoms with E-state index < -0.39 is 24.5 Å². The number of nitrogens with one attached hydrogen (secondary N) is 2. The Kier molecular flexibility index (Phi) is 6.61. The Morgan fingerprint density at radius 2 is 1.92 bits per heavy atom. The number of urea groups is 1. The molecule has 0 atom stereocenters. The molecule has 2 aromatic rings. The van der Waals surface area contributed by atoms with Gasteiger partial charge in [0.15, 0.2) is 13.2 Å². The predicted octanol–water partition coefficient (Wildman–Crippen LogP) is 0.771. The van der Waals surface area contributed by atoms with Crippen LogP contribution in [0.25, 0.3) is 11.4 Å². The van der Waals surface area contributed by atoms with E-state index >= 15 is 0 Å². The fourth-order valence-electron chi connectivity index (χ4n) is 1.79. The van der Waals surface area contributed by atoms with Crippen LogP contribution in [0, 0.1) is 0 Å². The fourth-order valence-corrected chi connectivity index (χ4v) is 1.92. The van der Waals surface area contributed by atoms with E-state index in [1.165, 1.54) is 0 Å². The van der Waals surface area contributed by atoms with Crippen molar-refractivity contribution >= 4 is 29.5 Å². The summed E-state index contributed by atoms with van der Waals surface area (Å²) >= 11 is 5.81. The van der Waals surface area contributed by atoms with Crippen molar-refractivity contribution in [2.24, 2.45) is 0 Å². The molecule has 0 spiro atoms. The van der Waals surface area contributed by atoms with Gasteiger partial charge in [0.2, 0.25) is 5.82 Å². The summed E-state index contributed by atoms with van der Waals surface area (Å²) in [4.78, 5) is 35.6. The standard InChI is InChI=1S/C15H17ClN6O4/c1-9(2)17-15(25)18-12(23)8-26-13(24)7-22-20-14(19-21-22)10-3-5-11(16)6-4-10/h3-6,9H,7-8H2,1-2H3,(H2,17,18,23,25). The molecule has 0 aliphatic rings. The van der Waals surface area contributed by atoms with E-state index in [2.05, 4.69) is 20.7 Å². The van der Waals surface area contributed by atoms with E-state index in [-0.39, 0.29) is 12.6 Å². The highest BCUT2D eigenvalue weighted by Crippen LogP contribution is 2.16. The van der Waals surface area contributed by atoms with Gasteiger partial charge < -0.3 is 10.1 Å². The molecule has 2 N–H and O–H groups in total. The van der Waals surface area contributed by atoms with Crippen molar-refractivity contribution in [1.29, 1.82) is 0 Å². The number of amides is 3. The van der Waals surface area contributed by atoms with E-state index in [0.29, 0.717) is 16.4 Å². The first-order valence-corrected chi connectivity index (χ1v) is 8.01. The van der Waals surface area contributed by atoms with Gasteiger partial charge in [0.05, 0.1) is 0 Å². The van der Waals surface area contributed by atoms with Crippen LogP contribution in [0.5, 0.6) is 0 Å². The molecule has 0 unspecified atom stereocenters. The van der Waals surface area contributed by atoms with Crippen LogP contribution in [-0.4, -0.2) is 50.8 Å². The van der Waals surface area contributed by atoms with Gasteiger partial charge >= 0.3 is 12.0 Å². The Morgan fingerprint density at radius 3 is 2.58 bits per heavy atom. The average molecular weight is 381 g/mol. The number of benzene rings is 1. The highest BCUT2D eigenvalue weighted by Gasteiger charge is 2.14. The Balaban J connectivity index is 1.80. The number of carbonyl (C=O) groups excluding carboxylic acids is 3. The van der Waals surface area contributed by atoms with E-state index in [9.17, 15) is 14.4 Å². The molecule has 0 saturated carbocycles. The topological polar surface area (TPSA) is 128 Å². The molecule has 1 aromatic heterocycles.